The molecular formula is C12H28NO9P. The highest BCUT2D eigenvalue weighted by atomic mass is 31.2. The highest BCUT2D eigenvalue weighted by Gasteiger charge is 1.97. The van der Waals surface area contributed by atoms with Crippen LogP contribution in [0.1, 0.15) is 0 Å². The molecule has 6 rings (SSSR count). The standard InChI is InChI=1S/6C2H4O.H4NO3P/c6*1-2-3-1;1-5(2,3)4/h6*1-2H2;(H4,1,2,3,4). The average Bonchev–Trinajstić information content (AvgIpc) is 3.38. The van der Waals surface area contributed by atoms with Gasteiger partial charge in [-0.3, -0.25) is 0 Å². The second kappa shape index (κ2) is 16.7. The Morgan fingerprint density at radius 1 is 0.522 bits per heavy atom. The van der Waals surface area contributed by atoms with Crippen LogP contribution >= 0.6 is 7.75 Å². The van der Waals surface area contributed by atoms with Crippen LogP contribution in [0, 0.1) is 0 Å². The summed E-state index contributed by atoms with van der Waals surface area (Å²) in [5.74, 6) is 0. The van der Waals surface area contributed by atoms with Gasteiger partial charge in [0.15, 0.2) is 0 Å². The Bertz CT molecular complexity index is 206. The van der Waals surface area contributed by atoms with E-state index >= 15 is 0 Å². The molecule has 4 N–H and O–H groups in total. The maximum atomic E-state index is 9.10. The SMILES string of the molecule is C1CO1.C1CO1.C1CO1.C1CO1.C1CO1.C1CO1.NP(=O)(O)O. The number of rotatable bonds is 0. The third kappa shape index (κ3) is 251. The fourth-order valence-electron chi connectivity index (χ4n) is 0. The van der Waals surface area contributed by atoms with Crippen LogP contribution in [-0.4, -0.2) is 89.1 Å². The third-order valence-corrected chi connectivity index (χ3v) is 1.22. The van der Waals surface area contributed by atoms with Crippen LogP contribution in [0.15, 0.2) is 0 Å². The lowest BCUT2D eigenvalue weighted by Gasteiger charge is -1.84. The van der Waals surface area contributed by atoms with Crippen LogP contribution in [0.25, 0.3) is 0 Å². The zero-order valence-electron chi connectivity index (χ0n) is 13.3. The zero-order valence-corrected chi connectivity index (χ0v) is 14.2. The van der Waals surface area contributed by atoms with E-state index in [9.17, 15) is 0 Å². The Kier molecular flexibility index (Phi) is 16.6. The molecule has 140 valence electrons. The summed E-state index contributed by atoms with van der Waals surface area (Å²) >= 11 is 0. The van der Waals surface area contributed by atoms with E-state index in [1.165, 1.54) is 0 Å². The lowest BCUT2D eigenvalue weighted by atomic mass is 11.0. The molecule has 6 saturated heterocycles. The second-order valence-electron chi connectivity index (χ2n) is 4.26. The van der Waals surface area contributed by atoms with Gasteiger partial charge in [0.2, 0.25) is 0 Å². The molecule has 0 unspecified atom stereocenters. The Morgan fingerprint density at radius 2 is 0.565 bits per heavy atom. The van der Waals surface area contributed by atoms with E-state index in [1.54, 1.807) is 0 Å². The Labute approximate surface area is 136 Å². The van der Waals surface area contributed by atoms with Gasteiger partial charge in [0.1, 0.15) is 0 Å². The molecule has 0 aromatic heterocycles. The van der Waals surface area contributed by atoms with Crippen LogP contribution < -0.4 is 5.50 Å². The molecular weight excluding hydrogens is 333 g/mol. The molecule has 6 fully saturated rings. The average molecular weight is 361 g/mol. The topological polar surface area (TPSA) is 159 Å². The van der Waals surface area contributed by atoms with Gasteiger partial charge in [-0.1, -0.05) is 0 Å². The van der Waals surface area contributed by atoms with E-state index in [-0.39, 0.29) is 0 Å². The minimum absolute atomic E-state index is 1.00. The van der Waals surface area contributed by atoms with E-state index < -0.39 is 7.75 Å². The highest BCUT2D eigenvalue weighted by molar-refractivity contribution is 7.49. The molecule has 6 heterocycles. The quantitative estimate of drug-likeness (QED) is 0.366. The normalized spacial score (nSPS) is 21.3. The lowest BCUT2D eigenvalue weighted by Crippen LogP contribution is -1.87. The van der Waals surface area contributed by atoms with Crippen molar-refractivity contribution in [2.45, 2.75) is 0 Å². The predicted octanol–water partition coefficient (Wildman–Crippen LogP) is -0.863. The van der Waals surface area contributed by atoms with Gasteiger partial charge in [0.25, 0.3) is 0 Å². The first-order chi connectivity index (χ1) is 11.0. The first-order valence-corrected chi connectivity index (χ1v) is 8.99. The van der Waals surface area contributed by atoms with E-state index in [1.807, 2.05) is 0 Å². The van der Waals surface area contributed by atoms with Gasteiger partial charge in [-0.15, -0.1) is 0 Å². The number of hydrogen-bond donors (Lipinski definition) is 3. The first-order valence-electron chi connectivity index (χ1n) is 7.30. The fourth-order valence-corrected chi connectivity index (χ4v) is 0. The molecule has 0 aromatic rings. The minimum atomic E-state index is -4.14. The smallest absolute Gasteiger partial charge is 0.377 e. The molecule has 6 aliphatic heterocycles. The molecule has 10 nitrogen and oxygen atoms in total. The predicted molar refractivity (Wildman–Crippen MR) is 81.1 cm³/mol. The number of epoxide rings is 6. The summed E-state index contributed by atoms with van der Waals surface area (Å²) in [7, 11) is -4.14. The van der Waals surface area contributed by atoms with Crippen molar-refractivity contribution in [3.8, 4) is 0 Å². The zero-order chi connectivity index (χ0) is 17.2. The fraction of sp³-hybridized carbons (Fsp3) is 1.00. The van der Waals surface area contributed by atoms with Crippen molar-refractivity contribution in [2.75, 3.05) is 79.3 Å². The third-order valence-electron chi connectivity index (χ3n) is 1.22. The van der Waals surface area contributed by atoms with E-state index in [0.29, 0.717) is 0 Å². The monoisotopic (exact) mass is 361 g/mol. The van der Waals surface area contributed by atoms with Crippen molar-refractivity contribution in [1.29, 1.82) is 0 Å². The highest BCUT2D eigenvalue weighted by Crippen LogP contribution is 2.20. The molecule has 0 aromatic carbocycles. The number of nitrogens with two attached hydrogens (primary N) is 1. The molecule has 0 aliphatic carbocycles. The first kappa shape index (κ1) is 22.9. The van der Waals surface area contributed by atoms with Gasteiger partial charge >= 0.3 is 7.75 Å². The second-order valence-corrected chi connectivity index (χ2v) is 5.44. The van der Waals surface area contributed by atoms with Gasteiger partial charge in [0.05, 0.1) is 79.3 Å². The summed E-state index contributed by atoms with van der Waals surface area (Å²) in [6.07, 6.45) is 0. The van der Waals surface area contributed by atoms with Gasteiger partial charge in [0, 0.05) is 0 Å². The summed E-state index contributed by atoms with van der Waals surface area (Å²) in [6.45, 7) is 12.0. The van der Waals surface area contributed by atoms with Crippen LogP contribution in [-0.2, 0) is 33.0 Å². The molecule has 0 radical (unpaired) electrons. The maximum Gasteiger partial charge on any atom is 0.397 e. The van der Waals surface area contributed by atoms with E-state index in [4.69, 9.17) is 14.4 Å². The number of hydrogen-bond acceptors (Lipinski definition) is 7. The molecule has 0 spiro atoms. The molecule has 6 aliphatic rings. The van der Waals surface area contributed by atoms with Gasteiger partial charge < -0.3 is 38.2 Å². The van der Waals surface area contributed by atoms with Crippen LogP contribution in [0.2, 0.25) is 0 Å². The largest absolute Gasteiger partial charge is 0.397 e. The summed E-state index contributed by atoms with van der Waals surface area (Å²) in [6, 6.07) is 0. The summed E-state index contributed by atoms with van der Waals surface area (Å²) in [5, 5.41) is 0. The number of ether oxygens (including phenoxy) is 6. The van der Waals surface area contributed by atoms with Crippen molar-refractivity contribution in [1.82, 2.24) is 0 Å². The van der Waals surface area contributed by atoms with Crippen LogP contribution in [0.3, 0.4) is 0 Å². The van der Waals surface area contributed by atoms with E-state index in [0.717, 1.165) is 79.3 Å². The Hall–Kier alpha value is -0.130. The lowest BCUT2D eigenvalue weighted by molar-refractivity contribution is 0.374. The maximum absolute atomic E-state index is 9.10. The Morgan fingerprint density at radius 3 is 0.565 bits per heavy atom. The summed E-state index contributed by atoms with van der Waals surface area (Å²) in [5.41, 5.74) is 4.02. The molecule has 0 atom stereocenters. The summed E-state index contributed by atoms with van der Waals surface area (Å²) < 4.78 is 36.1. The molecule has 23 heavy (non-hydrogen) atoms. The van der Waals surface area contributed by atoms with Crippen molar-refractivity contribution < 1.29 is 42.8 Å². The van der Waals surface area contributed by atoms with Crippen LogP contribution in [0.4, 0.5) is 0 Å². The van der Waals surface area contributed by atoms with Crippen molar-refractivity contribution in [2.24, 2.45) is 5.50 Å². The van der Waals surface area contributed by atoms with Crippen molar-refractivity contribution >= 4 is 7.75 Å². The van der Waals surface area contributed by atoms with E-state index in [2.05, 4.69) is 33.9 Å². The summed E-state index contributed by atoms with van der Waals surface area (Å²) in [4.78, 5) is 14.8. The van der Waals surface area contributed by atoms with Crippen LogP contribution in [0.5, 0.6) is 0 Å². The Balaban J connectivity index is 0.000000247. The van der Waals surface area contributed by atoms with Crippen molar-refractivity contribution in [3.63, 3.8) is 0 Å². The molecule has 0 saturated carbocycles. The van der Waals surface area contributed by atoms with Gasteiger partial charge in [-0.05, 0) is 0 Å². The molecule has 0 amide bonds. The molecule has 0 bridgehead atoms. The minimum Gasteiger partial charge on any atom is -0.377 e. The van der Waals surface area contributed by atoms with Crippen molar-refractivity contribution in [3.05, 3.63) is 0 Å². The van der Waals surface area contributed by atoms with Gasteiger partial charge in [-0.25, -0.2) is 10.1 Å². The van der Waals surface area contributed by atoms with Gasteiger partial charge in [-0.2, -0.15) is 0 Å². The molecule has 11 heteroatoms.